The van der Waals surface area contributed by atoms with Crippen molar-refractivity contribution in [3.63, 3.8) is 0 Å². The second kappa shape index (κ2) is 7.00. The highest BCUT2D eigenvalue weighted by Gasteiger charge is 2.18. The van der Waals surface area contributed by atoms with E-state index in [1.54, 1.807) is 13.2 Å². The number of hydrogen-bond acceptors (Lipinski definition) is 4. The summed E-state index contributed by atoms with van der Waals surface area (Å²) in [7, 11) is 1.66. The first-order valence-electron chi connectivity index (χ1n) is 8.69. The van der Waals surface area contributed by atoms with Gasteiger partial charge in [0.1, 0.15) is 5.75 Å². The van der Waals surface area contributed by atoms with Gasteiger partial charge in [0.2, 0.25) is 0 Å². The predicted molar refractivity (Wildman–Crippen MR) is 102 cm³/mol. The molecule has 26 heavy (non-hydrogen) atoms. The summed E-state index contributed by atoms with van der Waals surface area (Å²) in [5, 5.41) is 6.06. The van der Waals surface area contributed by atoms with Crippen LogP contribution in [0.2, 0.25) is 0 Å². The quantitative estimate of drug-likeness (QED) is 0.508. The Balaban J connectivity index is 1.62. The second-order valence-corrected chi connectivity index (χ2v) is 6.32. The lowest BCUT2D eigenvalue weighted by molar-refractivity contribution is 0.0518. The van der Waals surface area contributed by atoms with Gasteiger partial charge in [0.05, 0.1) is 18.4 Å². The van der Waals surface area contributed by atoms with Gasteiger partial charge in [0, 0.05) is 5.56 Å². The van der Waals surface area contributed by atoms with Gasteiger partial charge >= 0.3 is 5.97 Å². The van der Waals surface area contributed by atoms with Crippen molar-refractivity contribution >= 4 is 22.5 Å². The van der Waals surface area contributed by atoms with Gasteiger partial charge in [-0.1, -0.05) is 41.6 Å². The van der Waals surface area contributed by atoms with Crippen LogP contribution in [-0.4, -0.2) is 18.8 Å². The monoisotopic (exact) mass is 345 g/mol. The lowest BCUT2D eigenvalue weighted by Gasteiger charge is -2.18. The summed E-state index contributed by atoms with van der Waals surface area (Å²) in [5.74, 6) is 0.396. The summed E-state index contributed by atoms with van der Waals surface area (Å²) in [4.78, 5) is 17.9. The number of ether oxygens (including phenoxy) is 1. The van der Waals surface area contributed by atoms with Crippen LogP contribution in [0, 0.1) is 0 Å². The van der Waals surface area contributed by atoms with Gasteiger partial charge in [-0.2, -0.15) is 0 Å². The molecule has 0 bridgehead atoms. The second-order valence-electron chi connectivity index (χ2n) is 6.32. The fourth-order valence-corrected chi connectivity index (χ4v) is 3.41. The molecule has 0 atom stereocenters. The molecule has 1 aliphatic rings. The van der Waals surface area contributed by atoms with Crippen LogP contribution in [-0.2, 0) is 11.3 Å². The van der Waals surface area contributed by atoms with Crippen LogP contribution < -0.4 is 4.74 Å². The minimum atomic E-state index is -0.435. The Morgan fingerprint density at radius 1 is 1.00 bits per heavy atom. The van der Waals surface area contributed by atoms with Crippen LogP contribution >= 0.6 is 0 Å². The molecule has 4 nitrogen and oxygen atoms in total. The molecule has 3 aromatic carbocycles. The zero-order chi connectivity index (χ0) is 17.9. The molecular weight excluding hydrogens is 326 g/mol. The molecule has 0 heterocycles. The van der Waals surface area contributed by atoms with E-state index < -0.39 is 5.97 Å². The van der Waals surface area contributed by atoms with E-state index in [0.717, 1.165) is 47.1 Å². The number of rotatable bonds is 3. The third kappa shape index (κ3) is 3.06. The van der Waals surface area contributed by atoms with Crippen LogP contribution in [0.15, 0.2) is 65.8 Å². The first kappa shape index (κ1) is 16.3. The maximum atomic E-state index is 12.6. The van der Waals surface area contributed by atoms with Gasteiger partial charge in [-0.15, -0.1) is 0 Å². The van der Waals surface area contributed by atoms with Gasteiger partial charge in [0.25, 0.3) is 0 Å². The number of methoxy groups -OCH3 is 1. The standard InChI is InChI=1S/C22H19NO3/c1-25-17-12-13-19-16(14-17)8-5-11-21(19)23-26-22(24)20-10-4-7-15-6-2-3-9-18(15)20/h2-4,6-7,9-10,12-14H,5,8,11H2,1H3/b23-21+. The molecule has 0 saturated carbocycles. The molecular formula is C22H19NO3. The Labute approximate surface area is 152 Å². The fraction of sp³-hybridized carbons (Fsp3) is 0.182. The van der Waals surface area contributed by atoms with Gasteiger partial charge < -0.3 is 9.57 Å². The summed E-state index contributed by atoms with van der Waals surface area (Å²) in [6, 6.07) is 19.3. The molecule has 130 valence electrons. The molecule has 0 N–H and O–H groups in total. The number of fused-ring (bicyclic) bond motifs is 2. The molecule has 3 aromatic rings. The van der Waals surface area contributed by atoms with Crippen molar-refractivity contribution in [1.29, 1.82) is 0 Å². The number of oxime groups is 1. The van der Waals surface area contributed by atoms with Crippen LogP contribution in [0.1, 0.15) is 34.3 Å². The van der Waals surface area contributed by atoms with Crippen molar-refractivity contribution in [3.8, 4) is 5.75 Å². The lowest BCUT2D eigenvalue weighted by atomic mass is 9.90. The zero-order valence-corrected chi connectivity index (χ0v) is 14.6. The van der Waals surface area contributed by atoms with Gasteiger partial charge in [0.15, 0.2) is 0 Å². The van der Waals surface area contributed by atoms with E-state index in [1.807, 2.05) is 54.6 Å². The Morgan fingerprint density at radius 3 is 2.73 bits per heavy atom. The summed E-state index contributed by atoms with van der Waals surface area (Å²) in [5.41, 5.74) is 3.54. The molecule has 0 aromatic heterocycles. The SMILES string of the molecule is COc1ccc2c(c1)CCC/C2=N\OC(=O)c1cccc2ccccc12. The Hall–Kier alpha value is -3.14. The van der Waals surface area contributed by atoms with Crippen LogP contribution in [0.4, 0.5) is 0 Å². The minimum absolute atomic E-state index is 0.435. The average Bonchev–Trinajstić information content (AvgIpc) is 2.71. The van der Waals surface area contributed by atoms with Crippen LogP contribution in [0.3, 0.4) is 0 Å². The van der Waals surface area contributed by atoms with Gasteiger partial charge in [-0.3, -0.25) is 0 Å². The molecule has 0 spiro atoms. The van der Waals surface area contributed by atoms with Crippen molar-refractivity contribution < 1.29 is 14.4 Å². The van der Waals surface area contributed by atoms with Crippen molar-refractivity contribution in [2.45, 2.75) is 19.3 Å². The van der Waals surface area contributed by atoms with Crippen molar-refractivity contribution in [3.05, 3.63) is 77.4 Å². The Morgan fingerprint density at radius 2 is 1.85 bits per heavy atom. The smallest absolute Gasteiger partial charge is 0.366 e. The van der Waals surface area contributed by atoms with E-state index in [2.05, 4.69) is 5.16 Å². The van der Waals surface area contributed by atoms with E-state index in [-0.39, 0.29) is 0 Å². The van der Waals surface area contributed by atoms with E-state index in [0.29, 0.717) is 5.56 Å². The summed E-state index contributed by atoms with van der Waals surface area (Å²) >= 11 is 0. The van der Waals surface area contributed by atoms with Crippen molar-refractivity contribution in [2.75, 3.05) is 7.11 Å². The minimum Gasteiger partial charge on any atom is -0.497 e. The molecule has 0 unspecified atom stereocenters. The van der Waals surface area contributed by atoms with E-state index in [9.17, 15) is 4.79 Å². The molecule has 0 amide bonds. The molecule has 1 aliphatic carbocycles. The fourth-order valence-electron chi connectivity index (χ4n) is 3.41. The highest BCUT2D eigenvalue weighted by molar-refractivity contribution is 6.06. The summed E-state index contributed by atoms with van der Waals surface area (Å²) < 4.78 is 5.29. The molecule has 0 radical (unpaired) electrons. The summed E-state index contributed by atoms with van der Waals surface area (Å²) in [6.07, 6.45) is 2.75. The zero-order valence-electron chi connectivity index (χ0n) is 14.6. The number of hydrogen-bond donors (Lipinski definition) is 0. The van der Waals surface area contributed by atoms with Crippen LogP contribution in [0.25, 0.3) is 10.8 Å². The third-order valence-electron chi connectivity index (χ3n) is 4.73. The van der Waals surface area contributed by atoms with Gasteiger partial charge in [-0.05, 0) is 59.9 Å². The molecule has 0 aliphatic heterocycles. The Bertz CT molecular complexity index is 1000. The number of nitrogens with zero attached hydrogens (tertiary/aromatic N) is 1. The maximum absolute atomic E-state index is 12.6. The maximum Gasteiger partial charge on any atom is 0.366 e. The highest BCUT2D eigenvalue weighted by atomic mass is 16.7. The van der Waals surface area contributed by atoms with E-state index in [4.69, 9.17) is 9.57 Å². The molecule has 0 saturated heterocycles. The van der Waals surface area contributed by atoms with Crippen molar-refractivity contribution in [1.82, 2.24) is 0 Å². The number of aryl methyl sites for hydroxylation is 1. The number of carbonyl (C=O) groups excluding carboxylic acids is 1. The van der Waals surface area contributed by atoms with E-state index in [1.165, 1.54) is 5.56 Å². The number of carbonyl (C=O) groups is 1. The predicted octanol–water partition coefficient (Wildman–Crippen LogP) is 4.75. The van der Waals surface area contributed by atoms with Crippen LogP contribution in [0.5, 0.6) is 5.75 Å². The molecule has 4 rings (SSSR count). The molecule has 4 heteroatoms. The topological polar surface area (TPSA) is 47.9 Å². The Kier molecular flexibility index (Phi) is 4.40. The van der Waals surface area contributed by atoms with E-state index >= 15 is 0 Å². The number of benzene rings is 3. The van der Waals surface area contributed by atoms with Crippen molar-refractivity contribution in [2.24, 2.45) is 5.16 Å². The first-order chi connectivity index (χ1) is 12.8. The summed E-state index contributed by atoms with van der Waals surface area (Å²) in [6.45, 7) is 0. The molecule has 0 fully saturated rings. The largest absolute Gasteiger partial charge is 0.497 e. The van der Waals surface area contributed by atoms with Gasteiger partial charge in [-0.25, -0.2) is 4.79 Å². The third-order valence-corrected chi connectivity index (χ3v) is 4.73. The first-order valence-corrected chi connectivity index (χ1v) is 8.69. The average molecular weight is 345 g/mol. The normalized spacial score (nSPS) is 14.9. The lowest BCUT2D eigenvalue weighted by Crippen LogP contribution is -2.14. The highest BCUT2D eigenvalue weighted by Crippen LogP contribution is 2.26.